The second kappa shape index (κ2) is 7.54. The number of rotatable bonds is 9. The summed E-state index contributed by atoms with van der Waals surface area (Å²) in [5.41, 5.74) is -2.98. The lowest BCUT2D eigenvalue weighted by atomic mass is 9.79. The Kier molecular flexibility index (Phi) is 6.13. The van der Waals surface area contributed by atoms with Crippen LogP contribution in [0, 0.1) is 36.3 Å². The van der Waals surface area contributed by atoms with Gasteiger partial charge in [-0.1, -0.05) is 0 Å². The first-order chi connectivity index (χ1) is 11.8. The molecule has 0 aromatic heterocycles. The van der Waals surface area contributed by atoms with Gasteiger partial charge in [-0.15, -0.1) is 0 Å². The van der Waals surface area contributed by atoms with Gasteiger partial charge in [-0.25, -0.2) is 0 Å². The van der Waals surface area contributed by atoms with Gasteiger partial charge in [-0.05, 0) is 12.1 Å². The van der Waals surface area contributed by atoms with E-state index in [1.165, 1.54) is 39.8 Å². The minimum atomic E-state index is -1.45. The van der Waals surface area contributed by atoms with Crippen LogP contribution in [0.25, 0.3) is 0 Å². The summed E-state index contributed by atoms with van der Waals surface area (Å²) in [5.74, 6) is -1.48. The van der Waals surface area contributed by atoms with Gasteiger partial charge in [0.1, 0.15) is 0 Å². The minimum Gasteiger partial charge on any atom is -0.294 e. The van der Waals surface area contributed by atoms with E-state index in [-0.39, 0.29) is 24.1 Å². The van der Waals surface area contributed by atoms with Crippen molar-refractivity contribution in [3.05, 3.63) is 60.2 Å². The van der Waals surface area contributed by atoms with Crippen LogP contribution in [-0.2, 0) is 0 Å². The Morgan fingerprint density at radius 2 is 1.27 bits per heavy atom. The maximum absolute atomic E-state index is 12.8. The number of Topliss-reactive ketones (excluding diaryl/α,β-unsaturated/α-hetero) is 1. The quantitative estimate of drug-likeness (QED) is 0.369. The number of hydrogen-bond acceptors (Lipinski definition) is 7. The maximum Gasteiger partial charge on any atom is 0.269 e. The van der Waals surface area contributed by atoms with E-state index in [0.717, 1.165) is 12.1 Å². The van der Waals surface area contributed by atoms with E-state index in [4.69, 9.17) is 0 Å². The molecule has 0 fully saturated rings. The first-order valence-electron chi connectivity index (χ1n) is 7.85. The van der Waals surface area contributed by atoms with Crippen molar-refractivity contribution in [1.29, 1.82) is 0 Å². The molecule has 0 aliphatic heterocycles. The predicted molar refractivity (Wildman–Crippen MR) is 92.3 cm³/mol. The second-order valence-corrected chi connectivity index (χ2v) is 7.41. The summed E-state index contributed by atoms with van der Waals surface area (Å²) < 4.78 is 0. The zero-order chi connectivity index (χ0) is 20.3. The molecule has 26 heavy (non-hydrogen) atoms. The Labute approximate surface area is 149 Å². The number of benzene rings is 1. The Hall–Kier alpha value is -2.91. The summed E-state index contributed by atoms with van der Waals surface area (Å²) in [6.07, 6.45) is -0.375. The number of hydrogen-bond donors (Lipinski definition) is 0. The molecule has 0 atom stereocenters. The zero-order valence-corrected chi connectivity index (χ0v) is 15.0. The third-order valence-electron chi connectivity index (χ3n) is 4.21. The summed E-state index contributed by atoms with van der Waals surface area (Å²) in [6, 6.07) is 4.82. The average Bonchev–Trinajstić information content (AvgIpc) is 2.52. The van der Waals surface area contributed by atoms with Crippen LogP contribution in [0.5, 0.6) is 0 Å². The summed E-state index contributed by atoms with van der Waals surface area (Å²) >= 11 is 0. The number of ketones is 1. The molecule has 1 aromatic rings. The Morgan fingerprint density at radius 3 is 1.58 bits per heavy atom. The smallest absolute Gasteiger partial charge is 0.269 e. The van der Waals surface area contributed by atoms with E-state index in [2.05, 4.69) is 0 Å². The molecule has 0 radical (unpaired) electrons. The van der Waals surface area contributed by atoms with Gasteiger partial charge < -0.3 is 0 Å². The molecular formula is C16H21N3O7. The Balaban J connectivity index is 3.21. The monoisotopic (exact) mass is 367 g/mol. The fourth-order valence-corrected chi connectivity index (χ4v) is 2.60. The van der Waals surface area contributed by atoms with Gasteiger partial charge in [0.25, 0.3) is 5.69 Å². The third-order valence-corrected chi connectivity index (χ3v) is 4.21. The fraction of sp³-hybridized carbons (Fsp3) is 0.562. The highest BCUT2D eigenvalue weighted by Crippen LogP contribution is 2.31. The number of carbonyl (C=O) groups excluding carboxylic acids is 1. The molecule has 0 aliphatic carbocycles. The van der Waals surface area contributed by atoms with E-state index in [1.54, 1.807) is 0 Å². The number of nitrogens with zero attached hydrogens (tertiary/aromatic N) is 3. The first kappa shape index (κ1) is 21.1. The molecule has 10 heteroatoms. The van der Waals surface area contributed by atoms with E-state index >= 15 is 0 Å². The summed E-state index contributed by atoms with van der Waals surface area (Å²) in [7, 11) is 0. The summed E-state index contributed by atoms with van der Waals surface area (Å²) in [5, 5.41) is 33.2. The van der Waals surface area contributed by atoms with Crippen molar-refractivity contribution in [2.45, 2.75) is 51.6 Å². The highest BCUT2D eigenvalue weighted by Gasteiger charge is 2.43. The van der Waals surface area contributed by atoms with Crippen molar-refractivity contribution in [3.63, 3.8) is 0 Å². The highest BCUT2D eigenvalue weighted by atomic mass is 16.6. The average molecular weight is 367 g/mol. The number of nitro groups is 3. The van der Waals surface area contributed by atoms with Crippen molar-refractivity contribution in [2.24, 2.45) is 5.92 Å². The van der Waals surface area contributed by atoms with Crippen LogP contribution in [0.15, 0.2) is 24.3 Å². The molecule has 0 N–H and O–H groups in total. The molecule has 142 valence electrons. The molecule has 10 nitrogen and oxygen atoms in total. The normalized spacial score (nSPS) is 12.0. The fourth-order valence-electron chi connectivity index (χ4n) is 2.60. The third kappa shape index (κ3) is 5.04. The molecule has 0 unspecified atom stereocenters. The lowest BCUT2D eigenvalue weighted by molar-refractivity contribution is -0.569. The van der Waals surface area contributed by atoms with Crippen LogP contribution >= 0.6 is 0 Å². The van der Waals surface area contributed by atoms with Crippen LogP contribution in [0.1, 0.15) is 50.9 Å². The van der Waals surface area contributed by atoms with E-state index in [9.17, 15) is 35.1 Å². The maximum atomic E-state index is 12.8. The van der Waals surface area contributed by atoms with Crippen molar-refractivity contribution in [3.8, 4) is 0 Å². The molecule has 0 bridgehead atoms. The molecule has 0 spiro atoms. The zero-order valence-electron chi connectivity index (χ0n) is 15.0. The Morgan fingerprint density at radius 1 is 0.885 bits per heavy atom. The van der Waals surface area contributed by atoms with Crippen LogP contribution in [-0.4, -0.2) is 31.6 Å². The molecule has 1 aromatic carbocycles. The van der Waals surface area contributed by atoms with Gasteiger partial charge in [-0.3, -0.25) is 35.1 Å². The van der Waals surface area contributed by atoms with Gasteiger partial charge >= 0.3 is 0 Å². The molecule has 0 amide bonds. The van der Waals surface area contributed by atoms with Crippen molar-refractivity contribution in [2.75, 3.05) is 0 Å². The van der Waals surface area contributed by atoms with Gasteiger partial charge in [0.2, 0.25) is 11.1 Å². The van der Waals surface area contributed by atoms with Crippen LogP contribution < -0.4 is 0 Å². The van der Waals surface area contributed by atoms with Crippen molar-refractivity contribution < 1.29 is 19.6 Å². The summed E-state index contributed by atoms with van der Waals surface area (Å²) in [4.78, 5) is 44.3. The molecule has 0 saturated heterocycles. The number of nitro benzene ring substituents is 1. The summed E-state index contributed by atoms with van der Waals surface area (Å²) in [6.45, 7) is 5.40. The largest absolute Gasteiger partial charge is 0.294 e. The van der Waals surface area contributed by atoms with Gasteiger partial charge in [-0.2, -0.15) is 0 Å². The van der Waals surface area contributed by atoms with Crippen LogP contribution in [0.4, 0.5) is 5.69 Å². The van der Waals surface area contributed by atoms with Crippen molar-refractivity contribution in [1.82, 2.24) is 0 Å². The van der Waals surface area contributed by atoms with Gasteiger partial charge in [0.05, 0.1) is 4.92 Å². The van der Waals surface area contributed by atoms with Gasteiger partial charge in [0.15, 0.2) is 5.78 Å². The number of non-ortho nitro benzene ring substituents is 1. The highest BCUT2D eigenvalue weighted by molar-refractivity contribution is 5.98. The standard InChI is InChI=1S/C16H21N3O7/c1-15(2,18(23)24)9-12(10-16(3,4)19(25)26)14(20)11-5-7-13(8-6-11)17(21)22/h5-8,12H,9-10H2,1-4H3. The van der Waals surface area contributed by atoms with E-state index in [0.29, 0.717) is 0 Å². The molecule has 0 saturated carbocycles. The SMILES string of the molecule is CC(C)(CC(CC(C)(C)[N+](=O)[O-])C(=O)c1ccc([N+](=O)[O-])cc1)[N+](=O)[O-]. The topological polar surface area (TPSA) is 146 Å². The second-order valence-electron chi connectivity index (χ2n) is 7.41. The lowest BCUT2D eigenvalue weighted by Crippen LogP contribution is -2.40. The van der Waals surface area contributed by atoms with Crippen LogP contribution in [0.2, 0.25) is 0 Å². The van der Waals surface area contributed by atoms with Gasteiger partial charge in [0, 0.05) is 74.0 Å². The van der Waals surface area contributed by atoms with E-state index in [1.807, 2.05) is 0 Å². The van der Waals surface area contributed by atoms with Crippen molar-refractivity contribution >= 4 is 11.5 Å². The predicted octanol–water partition coefficient (Wildman–Crippen LogP) is 3.28. The van der Waals surface area contributed by atoms with E-state index < -0.39 is 37.5 Å². The Bertz CT molecular complexity index is 698. The first-order valence-corrected chi connectivity index (χ1v) is 7.85. The molecular weight excluding hydrogens is 346 g/mol. The minimum absolute atomic E-state index is 0.124. The molecule has 0 aliphatic rings. The lowest BCUT2D eigenvalue weighted by Gasteiger charge is -2.26. The number of carbonyl (C=O) groups is 1. The molecule has 1 rings (SSSR count). The molecule has 0 heterocycles. The van der Waals surface area contributed by atoms with Crippen LogP contribution in [0.3, 0.4) is 0 Å².